The predicted molar refractivity (Wildman–Crippen MR) is 78.0 cm³/mol. The lowest BCUT2D eigenvalue weighted by molar-refractivity contribution is -0.114. The highest BCUT2D eigenvalue weighted by atomic mass is 19.1. The van der Waals surface area contributed by atoms with Crippen LogP contribution in [-0.2, 0) is 4.79 Å². The van der Waals surface area contributed by atoms with Gasteiger partial charge in [-0.25, -0.2) is 4.39 Å². The molecule has 1 aromatic heterocycles. The van der Waals surface area contributed by atoms with Crippen molar-refractivity contribution < 1.29 is 9.18 Å². The van der Waals surface area contributed by atoms with Gasteiger partial charge >= 0.3 is 0 Å². The maximum absolute atomic E-state index is 13.0. The topological polar surface area (TPSA) is 71.8 Å². The van der Waals surface area contributed by atoms with E-state index in [9.17, 15) is 9.18 Å². The van der Waals surface area contributed by atoms with E-state index in [4.69, 9.17) is 11.0 Å². The SMILES string of the molecule is Cc1cc(/C=C(\C#N)C(N)=O)c(C)n1-c1ccc(F)cc1. The predicted octanol–water partition coefficient (Wildman–Crippen LogP) is 2.63. The number of nitrogens with two attached hydrogens (primary N) is 1. The first-order chi connectivity index (χ1) is 9.93. The van der Waals surface area contributed by atoms with Gasteiger partial charge in [-0.2, -0.15) is 5.26 Å². The first-order valence-electron chi connectivity index (χ1n) is 6.30. The summed E-state index contributed by atoms with van der Waals surface area (Å²) in [6.45, 7) is 3.75. The van der Waals surface area contributed by atoms with Crippen LogP contribution >= 0.6 is 0 Å². The molecule has 2 N–H and O–H groups in total. The van der Waals surface area contributed by atoms with E-state index in [1.807, 2.05) is 24.5 Å². The van der Waals surface area contributed by atoms with Crippen molar-refractivity contribution >= 4 is 12.0 Å². The van der Waals surface area contributed by atoms with E-state index in [-0.39, 0.29) is 11.4 Å². The van der Waals surface area contributed by atoms with E-state index in [1.54, 1.807) is 18.2 Å². The van der Waals surface area contributed by atoms with Crippen molar-refractivity contribution in [3.63, 3.8) is 0 Å². The number of rotatable bonds is 3. The van der Waals surface area contributed by atoms with E-state index in [0.29, 0.717) is 0 Å². The van der Waals surface area contributed by atoms with Crippen LogP contribution in [0.25, 0.3) is 11.8 Å². The van der Waals surface area contributed by atoms with Gasteiger partial charge in [-0.3, -0.25) is 4.79 Å². The molecule has 0 aliphatic rings. The lowest BCUT2D eigenvalue weighted by Crippen LogP contribution is -2.12. The van der Waals surface area contributed by atoms with Crippen molar-refractivity contribution in [2.45, 2.75) is 13.8 Å². The second-order valence-electron chi connectivity index (χ2n) is 4.67. The van der Waals surface area contributed by atoms with Gasteiger partial charge in [0.1, 0.15) is 17.5 Å². The molecule has 0 fully saturated rings. The molecule has 0 atom stereocenters. The standard InChI is InChI=1S/C16H14FN3O/c1-10-7-12(8-13(9-18)16(19)21)11(2)20(10)15-5-3-14(17)4-6-15/h3-8H,1-2H3,(H2,19,21)/b13-8+. The summed E-state index contributed by atoms with van der Waals surface area (Å²) in [7, 11) is 0. The van der Waals surface area contributed by atoms with Gasteiger partial charge in [-0.1, -0.05) is 0 Å². The summed E-state index contributed by atoms with van der Waals surface area (Å²) in [5.74, 6) is -1.06. The number of nitriles is 1. The molecule has 21 heavy (non-hydrogen) atoms. The third-order valence-corrected chi connectivity index (χ3v) is 3.24. The second-order valence-corrected chi connectivity index (χ2v) is 4.67. The maximum Gasteiger partial charge on any atom is 0.259 e. The molecule has 1 aromatic carbocycles. The van der Waals surface area contributed by atoms with Gasteiger partial charge in [0.05, 0.1) is 0 Å². The molecule has 0 unspecified atom stereocenters. The lowest BCUT2D eigenvalue weighted by Gasteiger charge is -2.09. The Bertz CT molecular complexity index is 764. The van der Waals surface area contributed by atoms with E-state index in [2.05, 4.69) is 0 Å². The number of halogens is 1. The number of carbonyl (C=O) groups excluding carboxylic acids is 1. The minimum atomic E-state index is -0.760. The van der Waals surface area contributed by atoms with Gasteiger partial charge in [-0.15, -0.1) is 0 Å². The van der Waals surface area contributed by atoms with Crippen LogP contribution < -0.4 is 5.73 Å². The number of hydrogen-bond acceptors (Lipinski definition) is 2. The third-order valence-electron chi connectivity index (χ3n) is 3.24. The normalized spacial score (nSPS) is 11.2. The van der Waals surface area contributed by atoms with Crippen LogP contribution in [0, 0.1) is 31.0 Å². The highest BCUT2D eigenvalue weighted by Gasteiger charge is 2.11. The van der Waals surface area contributed by atoms with Gasteiger partial charge in [-0.05, 0) is 55.8 Å². The molecule has 0 aliphatic heterocycles. The van der Waals surface area contributed by atoms with Crippen LogP contribution in [-0.4, -0.2) is 10.5 Å². The Hall–Kier alpha value is -2.87. The minimum absolute atomic E-state index is 0.102. The molecular formula is C16H14FN3O. The molecule has 0 saturated carbocycles. The molecule has 1 heterocycles. The summed E-state index contributed by atoms with van der Waals surface area (Å²) in [6, 6.07) is 9.73. The summed E-state index contributed by atoms with van der Waals surface area (Å²) in [4.78, 5) is 11.1. The van der Waals surface area contributed by atoms with E-state index >= 15 is 0 Å². The number of benzene rings is 1. The average Bonchev–Trinajstić information content (AvgIpc) is 2.71. The molecule has 0 radical (unpaired) electrons. The molecule has 2 rings (SSSR count). The Morgan fingerprint density at radius 1 is 1.33 bits per heavy atom. The number of nitrogens with zero attached hydrogens (tertiary/aromatic N) is 2. The zero-order valence-electron chi connectivity index (χ0n) is 11.7. The third kappa shape index (κ3) is 2.84. The highest BCUT2D eigenvalue weighted by Crippen LogP contribution is 2.22. The number of hydrogen-bond donors (Lipinski definition) is 1. The Morgan fingerprint density at radius 3 is 2.48 bits per heavy atom. The lowest BCUT2D eigenvalue weighted by atomic mass is 10.1. The van der Waals surface area contributed by atoms with Gasteiger partial charge in [0.25, 0.3) is 5.91 Å². The Morgan fingerprint density at radius 2 is 1.95 bits per heavy atom. The Labute approximate surface area is 121 Å². The zero-order valence-corrected chi connectivity index (χ0v) is 11.7. The summed E-state index contributed by atoms with van der Waals surface area (Å²) in [5, 5.41) is 8.90. The molecule has 1 amide bonds. The van der Waals surface area contributed by atoms with Crippen molar-refractivity contribution in [3.8, 4) is 11.8 Å². The minimum Gasteiger partial charge on any atom is -0.365 e. The molecule has 5 heteroatoms. The number of aryl methyl sites for hydroxylation is 1. The van der Waals surface area contributed by atoms with Crippen molar-refractivity contribution in [2.24, 2.45) is 5.73 Å². The number of amides is 1. The van der Waals surface area contributed by atoms with Crippen LogP contribution in [0.2, 0.25) is 0 Å². The number of carbonyl (C=O) groups is 1. The fraction of sp³-hybridized carbons (Fsp3) is 0.125. The first-order valence-corrected chi connectivity index (χ1v) is 6.30. The van der Waals surface area contributed by atoms with E-state index < -0.39 is 5.91 Å². The maximum atomic E-state index is 13.0. The van der Waals surface area contributed by atoms with Crippen molar-refractivity contribution in [1.29, 1.82) is 5.26 Å². The molecule has 4 nitrogen and oxygen atoms in total. The number of primary amides is 1. The van der Waals surface area contributed by atoms with Gasteiger partial charge in [0.15, 0.2) is 0 Å². The van der Waals surface area contributed by atoms with Crippen molar-refractivity contribution in [2.75, 3.05) is 0 Å². The van der Waals surface area contributed by atoms with Crippen LogP contribution in [0.1, 0.15) is 17.0 Å². The van der Waals surface area contributed by atoms with Crippen LogP contribution in [0.4, 0.5) is 4.39 Å². The summed E-state index contributed by atoms with van der Waals surface area (Å²) < 4.78 is 14.9. The highest BCUT2D eigenvalue weighted by molar-refractivity contribution is 6.00. The van der Waals surface area contributed by atoms with Crippen LogP contribution in [0.3, 0.4) is 0 Å². The van der Waals surface area contributed by atoms with Crippen molar-refractivity contribution in [3.05, 3.63) is 58.7 Å². The molecule has 0 bridgehead atoms. The number of aromatic nitrogens is 1. The van der Waals surface area contributed by atoms with Crippen LogP contribution in [0.5, 0.6) is 0 Å². The largest absolute Gasteiger partial charge is 0.365 e. The Balaban J connectivity index is 2.55. The molecular weight excluding hydrogens is 269 g/mol. The molecule has 0 saturated heterocycles. The quantitative estimate of drug-likeness (QED) is 0.694. The summed E-state index contributed by atoms with van der Waals surface area (Å²) >= 11 is 0. The fourth-order valence-electron chi connectivity index (χ4n) is 2.24. The molecule has 0 spiro atoms. The van der Waals surface area contributed by atoms with Crippen LogP contribution in [0.15, 0.2) is 35.9 Å². The second kappa shape index (κ2) is 5.63. The average molecular weight is 283 g/mol. The molecule has 0 aliphatic carbocycles. The van der Waals surface area contributed by atoms with Gasteiger partial charge in [0.2, 0.25) is 0 Å². The zero-order chi connectivity index (χ0) is 15.6. The smallest absolute Gasteiger partial charge is 0.259 e. The molecule has 2 aromatic rings. The molecule has 106 valence electrons. The van der Waals surface area contributed by atoms with Crippen molar-refractivity contribution in [1.82, 2.24) is 4.57 Å². The van der Waals surface area contributed by atoms with E-state index in [0.717, 1.165) is 22.6 Å². The fourth-order valence-corrected chi connectivity index (χ4v) is 2.24. The monoisotopic (exact) mass is 283 g/mol. The summed E-state index contributed by atoms with van der Waals surface area (Å²) in [6.07, 6.45) is 1.46. The Kier molecular flexibility index (Phi) is 3.90. The van der Waals surface area contributed by atoms with Gasteiger partial charge < -0.3 is 10.3 Å². The van der Waals surface area contributed by atoms with Gasteiger partial charge in [0, 0.05) is 17.1 Å². The van der Waals surface area contributed by atoms with E-state index in [1.165, 1.54) is 18.2 Å². The first kappa shape index (κ1) is 14.5. The summed E-state index contributed by atoms with van der Waals surface area (Å²) in [5.41, 5.74) is 8.33.